The normalized spacial score (nSPS) is 15.4. The van der Waals surface area contributed by atoms with Gasteiger partial charge in [-0.3, -0.25) is 14.5 Å². The Bertz CT molecular complexity index is 1480. The zero-order valence-electron chi connectivity index (χ0n) is 20.2. The predicted octanol–water partition coefficient (Wildman–Crippen LogP) is 0.799. The third kappa shape index (κ3) is 6.03. The zero-order valence-corrected chi connectivity index (χ0v) is 21.0. The summed E-state index contributed by atoms with van der Waals surface area (Å²) >= 11 is 0. The summed E-state index contributed by atoms with van der Waals surface area (Å²) in [5.41, 5.74) is 10.8. The van der Waals surface area contributed by atoms with Crippen molar-refractivity contribution in [1.29, 1.82) is 0 Å². The SMILES string of the molecule is NC(=O)c1ccc(OC2(c3ccc(F)cc3)CN(S(=O)(=O)c3cccc(C[C@H](N)C(=O)OOC=O)c3)C2)cn1. The highest BCUT2D eigenvalue weighted by Gasteiger charge is 2.52. The molecule has 1 aromatic heterocycles. The highest BCUT2D eigenvalue weighted by Crippen LogP contribution is 2.40. The second kappa shape index (κ2) is 11.1. The maximum Gasteiger partial charge on any atom is 0.372 e. The van der Waals surface area contributed by atoms with E-state index in [4.69, 9.17) is 16.2 Å². The molecular formula is C25H23FN4O8S. The Morgan fingerprint density at radius 1 is 1.13 bits per heavy atom. The number of hydrogen-bond acceptors (Lipinski definition) is 10. The molecule has 1 aliphatic rings. The van der Waals surface area contributed by atoms with Crippen LogP contribution in [0.2, 0.25) is 0 Å². The topological polar surface area (TPSA) is 181 Å². The number of hydrogen-bond donors (Lipinski definition) is 2. The van der Waals surface area contributed by atoms with Crippen molar-refractivity contribution in [2.24, 2.45) is 11.5 Å². The van der Waals surface area contributed by atoms with Crippen LogP contribution in [0, 0.1) is 5.82 Å². The van der Waals surface area contributed by atoms with Gasteiger partial charge in [-0.2, -0.15) is 4.31 Å². The molecule has 0 radical (unpaired) electrons. The van der Waals surface area contributed by atoms with E-state index in [0.717, 1.165) is 0 Å². The van der Waals surface area contributed by atoms with Crippen LogP contribution in [-0.2, 0) is 41.4 Å². The van der Waals surface area contributed by atoms with Crippen molar-refractivity contribution in [3.05, 3.63) is 89.5 Å². The summed E-state index contributed by atoms with van der Waals surface area (Å²) in [5, 5.41) is 0. The predicted molar refractivity (Wildman–Crippen MR) is 132 cm³/mol. The molecule has 1 atom stereocenters. The van der Waals surface area contributed by atoms with Crippen LogP contribution in [0.25, 0.3) is 0 Å². The first-order chi connectivity index (χ1) is 18.5. The molecule has 4 N–H and O–H groups in total. The molecule has 0 unspecified atom stereocenters. The molecule has 0 saturated carbocycles. The van der Waals surface area contributed by atoms with Crippen molar-refractivity contribution in [3.63, 3.8) is 0 Å². The third-order valence-corrected chi connectivity index (χ3v) is 7.79. The zero-order chi connectivity index (χ0) is 28.2. The van der Waals surface area contributed by atoms with E-state index in [0.29, 0.717) is 11.1 Å². The molecule has 2 heterocycles. The molecule has 4 rings (SSSR count). The number of aromatic nitrogens is 1. The molecule has 1 fully saturated rings. The van der Waals surface area contributed by atoms with E-state index in [9.17, 15) is 27.2 Å². The van der Waals surface area contributed by atoms with E-state index >= 15 is 0 Å². The van der Waals surface area contributed by atoms with Gasteiger partial charge in [0.2, 0.25) is 10.0 Å². The Morgan fingerprint density at radius 2 is 1.85 bits per heavy atom. The highest BCUT2D eigenvalue weighted by atomic mass is 32.2. The molecule has 14 heteroatoms. The number of carbonyl (C=O) groups is 3. The molecule has 0 spiro atoms. The number of amides is 1. The molecule has 1 amide bonds. The van der Waals surface area contributed by atoms with Crippen LogP contribution in [0.4, 0.5) is 4.39 Å². The van der Waals surface area contributed by atoms with Gasteiger partial charge in [0.25, 0.3) is 5.91 Å². The molecule has 0 bridgehead atoms. The van der Waals surface area contributed by atoms with Crippen molar-refractivity contribution in [1.82, 2.24) is 9.29 Å². The lowest BCUT2D eigenvalue weighted by Crippen LogP contribution is -2.64. The van der Waals surface area contributed by atoms with E-state index in [1.54, 1.807) is 6.07 Å². The number of nitrogens with zero attached hydrogens (tertiary/aromatic N) is 2. The van der Waals surface area contributed by atoms with Crippen LogP contribution in [-0.4, -0.2) is 55.2 Å². The van der Waals surface area contributed by atoms with E-state index in [2.05, 4.69) is 14.8 Å². The van der Waals surface area contributed by atoms with Gasteiger partial charge in [0.15, 0.2) is 5.60 Å². The quantitative estimate of drug-likeness (QED) is 0.194. The number of sulfonamides is 1. The van der Waals surface area contributed by atoms with Gasteiger partial charge >= 0.3 is 12.4 Å². The van der Waals surface area contributed by atoms with Gasteiger partial charge < -0.3 is 16.2 Å². The molecule has 39 heavy (non-hydrogen) atoms. The van der Waals surface area contributed by atoms with Crippen LogP contribution in [0.15, 0.2) is 71.8 Å². The molecule has 12 nitrogen and oxygen atoms in total. The third-order valence-electron chi connectivity index (χ3n) is 6.00. The average molecular weight is 559 g/mol. The first-order valence-electron chi connectivity index (χ1n) is 11.4. The Kier molecular flexibility index (Phi) is 7.90. The van der Waals surface area contributed by atoms with Crippen molar-refractivity contribution in [2.75, 3.05) is 13.1 Å². The van der Waals surface area contributed by atoms with Gasteiger partial charge in [0.1, 0.15) is 23.3 Å². The number of carbonyl (C=O) groups excluding carboxylic acids is 3. The number of rotatable bonds is 11. The number of primary amides is 1. The lowest BCUT2D eigenvalue weighted by atomic mass is 9.87. The second-order valence-corrected chi connectivity index (χ2v) is 10.6. The standard InChI is InChI=1S/C25H23FN4O8S/c26-18-6-4-17(5-7-18)25(37-19-8-9-22(23(28)32)29-12-19)13-30(14-25)39(34,35)20-3-1-2-16(10-20)11-21(27)24(33)38-36-15-31/h1-10,12,15,21H,11,13-14,27H2,(H2,28,32)/t21-/m0/s1. The smallest absolute Gasteiger partial charge is 0.372 e. The lowest BCUT2D eigenvalue weighted by molar-refractivity contribution is -0.249. The number of benzene rings is 2. The summed E-state index contributed by atoms with van der Waals surface area (Å²) in [6.45, 7) is -0.303. The number of halogens is 1. The summed E-state index contributed by atoms with van der Waals surface area (Å²) in [5.74, 6) is -1.94. The monoisotopic (exact) mass is 558 g/mol. The number of ether oxygens (including phenoxy) is 1. The van der Waals surface area contributed by atoms with Crippen LogP contribution in [0.3, 0.4) is 0 Å². The number of pyridine rings is 1. The van der Waals surface area contributed by atoms with Gasteiger partial charge in [-0.05, 0) is 53.9 Å². The Labute approximate surface area is 222 Å². The molecule has 2 aromatic carbocycles. The van der Waals surface area contributed by atoms with E-state index in [1.165, 1.54) is 65.1 Å². The van der Waals surface area contributed by atoms with Gasteiger partial charge in [-0.1, -0.05) is 24.3 Å². The first kappa shape index (κ1) is 27.6. The Balaban J connectivity index is 1.55. The van der Waals surface area contributed by atoms with Gasteiger partial charge in [0, 0.05) is 0 Å². The maximum absolute atomic E-state index is 13.6. The van der Waals surface area contributed by atoms with Crippen LogP contribution < -0.4 is 16.2 Å². The van der Waals surface area contributed by atoms with Crippen molar-refractivity contribution < 1.29 is 41.7 Å². The summed E-state index contributed by atoms with van der Waals surface area (Å²) in [4.78, 5) is 45.3. The van der Waals surface area contributed by atoms with E-state index < -0.39 is 39.4 Å². The summed E-state index contributed by atoms with van der Waals surface area (Å²) < 4.78 is 47.8. The lowest BCUT2D eigenvalue weighted by Gasteiger charge is -2.48. The fourth-order valence-electron chi connectivity index (χ4n) is 4.01. The minimum Gasteiger partial charge on any atom is -0.478 e. The largest absolute Gasteiger partial charge is 0.478 e. The Morgan fingerprint density at radius 3 is 2.46 bits per heavy atom. The van der Waals surface area contributed by atoms with Crippen LogP contribution >= 0.6 is 0 Å². The molecule has 1 aliphatic heterocycles. The fraction of sp³-hybridized carbons (Fsp3) is 0.200. The highest BCUT2D eigenvalue weighted by molar-refractivity contribution is 7.89. The fourth-order valence-corrected chi connectivity index (χ4v) is 5.62. The molecule has 0 aliphatic carbocycles. The summed E-state index contributed by atoms with van der Waals surface area (Å²) in [7, 11) is -4.02. The minimum absolute atomic E-state index is 0.0279. The summed E-state index contributed by atoms with van der Waals surface area (Å²) in [6.07, 6.45) is 1.21. The Hall–Kier alpha value is -4.40. The average Bonchev–Trinajstić information content (AvgIpc) is 2.90. The van der Waals surface area contributed by atoms with Crippen molar-refractivity contribution in [2.45, 2.75) is 23.0 Å². The minimum atomic E-state index is -4.02. The van der Waals surface area contributed by atoms with E-state index in [-0.39, 0.29) is 42.3 Å². The molecule has 1 saturated heterocycles. The molecule has 204 valence electrons. The van der Waals surface area contributed by atoms with Gasteiger partial charge in [0.05, 0.1) is 24.2 Å². The molecular weight excluding hydrogens is 535 g/mol. The van der Waals surface area contributed by atoms with Crippen molar-refractivity contribution in [3.8, 4) is 5.75 Å². The van der Waals surface area contributed by atoms with E-state index in [1.807, 2.05) is 0 Å². The maximum atomic E-state index is 13.6. The number of nitrogens with two attached hydrogens (primary N) is 2. The second-order valence-electron chi connectivity index (χ2n) is 8.67. The van der Waals surface area contributed by atoms with Crippen LogP contribution in [0.1, 0.15) is 21.6 Å². The first-order valence-corrected chi connectivity index (χ1v) is 12.8. The van der Waals surface area contributed by atoms with Gasteiger partial charge in [-0.15, -0.1) is 0 Å². The molecule has 3 aromatic rings. The van der Waals surface area contributed by atoms with Crippen molar-refractivity contribution >= 4 is 28.4 Å². The van der Waals surface area contributed by atoms with Gasteiger partial charge in [-0.25, -0.2) is 27.5 Å². The van der Waals surface area contributed by atoms with Crippen LogP contribution in [0.5, 0.6) is 5.75 Å². The summed E-state index contributed by atoms with van der Waals surface area (Å²) in [6, 6.07) is 13.0.